The molecule has 0 atom stereocenters. The highest BCUT2D eigenvalue weighted by Gasteiger charge is 2.13. The smallest absolute Gasteiger partial charge is 0.292 e. The number of hydrazone groups is 1. The number of nitrogens with zero attached hydrogens (tertiary/aromatic N) is 3. The lowest BCUT2D eigenvalue weighted by molar-refractivity contribution is 0.0951. The molecule has 0 fully saturated rings. The summed E-state index contributed by atoms with van der Waals surface area (Å²) in [4.78, 5) is 14.2. The first-order valence-electron chi connectivity index (χ1n) is 7.29. The highest BCUT2D eigenvalue weighted by Crippen LogP contribution is 2.20. The van der Waals surface area contributed by atoms with Crippen LogP contribution in [0, 0.1) is 0 Å². The number of carbonyl (C=O) groups is 1. The van der Waals surface area contributed by atoms with Crippen LogP contribution in [0.3, 0.4) is 0 Å². The van der Waals surface area contributed by atoms with Gasteiger partial charge < -0.3 is 4.90 Å². The molecule has 0 radical (unpaired) electrons. The molecule has 0 saturated carbocycles. The van der Waals surface area contributed by atoms with Gasteiger partial charge in [0.15, 0.2) is 5.69 Å². The van der Waals surface area contributed by atoms with Gasteiger partial charge in [-0.2, -0.15) is 10.2 Å². The Hall–Kier alpha value is -2.86. The van der Waals surface area contributed by atoms with Crippen LogP contribution < -0.4 is 10.3 Å². The van der Waals surface area contributed by atoms with Crippen molar-refractivity contribution in [2.45, 2.75) is 0 Å². The lowest BCUT2D eigenvalue weighted by atomic mass is 10.2. The summed E-state index contributed by atoms with van der Waals surface area (Å²) < 4.78 is 0. The van der Waals surface area contributed by atoms with Crippen molar-refractivity contribution < 1.29 is 4.79 Å². The number of rotatable bonds is 4. The largest absolute Gasteiger partial charge is 0.378 e. The summed E-state index contributed by atoms with van der Waals surface area (Å²) in [5, 5.41) is 12.0. The highest BCUT2D eigenvalue weighted by molar-refractivity contribution is 6.31. The Kier molecular flexibility index (Phi) is 4.48. The monoisotopic (exact) mass is 341 g/mol. The average Bonchev–Trinajstić information content (AvgIpc) is 2.98. The lowest BCUT2D eigenvalue weighted by Gasteiger charge is -2.11. The van der Waals surface area contributed by atoms with Crippen LogP contribution in [0.15, 0.2) is 47.6 Å². The Morgan fingerprint density at radius 1 is 1.25 bits per heavy atom. The second-order valence-corrected chi connectivity index (χ2v) is 5.88. The maximum atomic E-state index is 12.2. The first-order valence-corrected chi connectivity index (χ1v) is 7.67. The molecule has 1 aromatic heterocycles. The minimum Gasteiger partial charge on any atom is -0.378 e. The standard InChI is InChI=1S/C17H16ClN5O/c1-23(2)13-6-3-11(4-7-13)10-19-22-17(24)16-14-9-12(18)5-8-15(14)20-21-16/h3-10H,1-2H3,(H,20,21)(H,22,24)/b19-10+. The number of aromatic nitrogens is 2. The van der Waals surface area contributed by atoms with E-state index in [1.807, 2.05) is 43.3 Å². The molecule has 122 valence electrons. The summed E-state index contributed by atoms with van der Waals surface area (Å²) in [7, 11) is 3.95. The van der Waals surface area contributed by atoms with Gasteiger partial charge in [-0.05, 0) is 35.9 Å². The molecule has 1 amide bonds. The van der Waals surface area contributed by atoms with Crippen molar-refractivity contribution in [2.24, 2.45) is 5.10 Å². The number of fused-ring (bicyclic) bond motifs is 1. The minimum absolute atomic E-state index is 0.257. The molecule has 0 saturated heterocycles. The van der Waals surface area contributed by atoms with Gasteiger partial charge in [0.2, 0.25) is 0 Å². The first kappa shape index (κ1) is 16.0. The molecule has 7 heteroatoms. The topological polar surface area (TPSA) is 73.4 Å². The fraction of sp³-hybridized carbons (Fsp3) is 0.118. The number of nitrogens with one attached hydrogen (secondary N) is 2. The summed E-state index contributed by atoms with van der Waals surface area (Å²) in [5.41, 5.74) is 5.46. The van der Waals surface area contributed by atoms with Gasteiger partial charge in [0.1, 0.15) is 0 Å². The Labute approximate surface area is 144 Å². The van der Waals surface area contributed by atoms with Gasteiger partial charge in [0.05, 0.1) is 11.7 Å². The fourth-order valence-corrected chi connectivity index (χ4v) is 2.41. The molecule has 0 unspecified atom stereocenters. The Morgan fingerprint density at radius 3 is 2.71 bits per heavy atom. The van der Waals surface area contributed by atoms with E-state index in [9.17, 15) is 4.79 Å². The Bertz CT molecular complexity index is 899. The number of hydrogen-bond donors (Lipinski definition) is 2. The number of halogens is 1. The number of hydrogen-bond acceptors (Lipinski definition) is 4. The van der Waals surface area contributed by atoms with E-state index in [1.165, 1.54) is 0 Å². The Balaban J connectivity index is 1.71. The SMILES string of the molecule is CN(C)c1ccc(/C=N/NC(=O)c2n[nH]c3ccc(Cl)cc23)cc1. The molecule has 3 rings (SSSR count). The van der Waals surface area contributed by atoms with Gasteiger partial charge in [0, 0.05) is 30.2 Å². The molecule has 2 aromatic carbocycles. The van der Waals surface area contributed by atoms with Crippen molar-refractivity contribution in [1.82, 2.24) is 15.6 Å². The number of carbonyl (C=O) groups excluding carboxylic acids is 1. The summed E-state index contributed by atoms with van der Waals surface area (Å²) in [5.74, 6) is -0.398. The molecule has 6 nitrogen and oxygen atoms in total. The number of benzene rings is 2. The zero-order chi connectivity index (χ0) is 17.1. The summed E-state index contributed by atoms with van der Waals surface area (Å²) >= 11 is 5.97. The van der Waals surface area contributed by atoms with Crippen molar-refractivity contribution in [3.05, 3.63) is 58.7 Å². The lowest BCUT2D eigenvalue weighted by Crippen LogP contribution is -2.18. The van der Waals surface area contributed by atoms with Crippen LogP contribution >= 0.6 is 11.6 Å². The van der Waals surface area contributed by atoms with Gasteiger partial charge in [-0.1, -0.05) is 23.7 Å². The summed E-state index contributed by atoms with van der Waals surface area (Å²) in [6.45, 7) is 0. The van der Waals surface area contributed by atoms with E-state index in [2.05, 4.69) is 20.7 Å². The van der Waals surface area contributed by atoms with Gasteiger partial charge in [-0.25, -0.2) is 5.43 Å². The van der Waals surface area contributed by atoms with Crippen LogP contribution in [0.25, 0.3) is 10.9 Å². The van der Waals surface area contributed by atoms with Crippen molar-refractivity contribution in [3.63, 3.8) is 0 Å². The third kappa shape index (κ3) is 3.38. The first-order chi connectivity index (χ1) is 11.5. The molecule has 0 aliphatic heterocycles. The molecule has 0 bridgehead atoms. The summed E-state index contributed by atoms with van der Waals surface area (Å²) in [6.07, 6.45) is 1.58. The maximum absolute atomic E-state index is 12.2. The van der Waals surface area contributed by atoms with Crippen molar-refractivity contribution >= 4 is 40.3 Å². The van der Waals surface area contributed by atoms with Crippen LogP contribution in [0.4, 0.5) is 5.69 Å². The van der Waals surface area contributed by atoms with Gasteiger partial charge in [-0.3, -0.25) is 9.89 Å². The zero-order valence-electron chi connectivity index (χ0n) is 13.2. The van der Waals surface area contributed by atoms with Gasteiger partial charge in [-0.15, -0.1) is 0 Å². The van der Waals surface area contributed by atoms with Crippen molar-refractivity contribution in [1.29, 1.82) is 0 Å². The predicted octanol–water partition coefficient (Wildman–Crippen LogP) is 3.05. The molecule has 2 N–H and O–H groups in total. The molecule has 0 spiro atoms. The van der Waals surface area contributed by atoms with Crippen molar-refractivity contribution in [2.75, 3.05) is 19.0 Å². The van der Waals surface area contributed by atoms with Crippen LogP contribution in [-0.4, -0.2) is 36.4 Å². The molecule has 0 aliphatic carbocycles. The number of aromatic amines is 1. The van der Waals surface area contributed by atoms with E-state index in [4.69, 9.17) is 11.6 Å². The molecule has 24 heavy (non-hydrogen) atoms. The van der Waals surface area contributed by atoms with Crippen LogP contribution in [0.1, 0.15) is 16.1 Å². The summed E-state index contributed by atoms with van der Waals surface area (Å²) in [6, 6.07) is 13.0. The molecule has 1 heterocycles. The molecule has 3 aromatic rings. The van der Waals surface area contributed by atoms with Crippen LogP contribution in [0.5, 0.6) is 0 Å². The van der Waals surface area contributed by atoms with Gasteiger partial charge in [0.25, 0.3) is 5.91 Å². The maximum Gasteiger partial charge on any atom is 0.292 e. The highest BCUT2D eigenvalue weighted by atomic mass is 35.5. The Morgan fingerprint density at radius 2 is 2.00 bits per heavy atom. The second kappa shape index (κ2) is 6.72. The second-order valence-electron chi connectivity index (χ2n) is 5.45. The molecule has 0 aliphatic rings. The number of H-pyrrole nitrogens is 1. The average molecular weight is 342 g/mol. The third-order valence-electron chi connectivity index (χ3n) is 3.53. The van der Waals surface area contributed by atoms with E-state index >= 15 is 0 Å². The third-order valence-corrected chi connectivity index (χ3v) is 3.76. The zero-order valence-corrected chi connectivity index (χ0v) is 14.0. The van der Waals surface area contributed by atoms with E-state index < -0.39 is 5.91 Å². The predicted molar refractivity (Wildman–Crippen MR) is 96.9 cm³/mol. The normalized spacial score (nSPS) is 11.1. The quantitative estimate of drug-likeness (QED) is 0.566. The van der Waals surface area contributed by atoms with Crippen LogP contribution in [0.2, 0.25) is 5.02 Å². The molecular formula is C17H16ClN5O. The van der Waals surface area contributed by atoms with Gasteiger partial charge >= 0.3 is 0 Å². The van der Waals surface area contributed by atoms with E-state index in [0.717, 1.165) is 16.8 Å². The van der Waals surface area contributed by atoms with E-state index in [0.29, 0.717) is 10.4 Å². The molecular weight excluding hydrogens is 326 g/mol. The minimum atomic E-state index is -0.398. The van der Waals surface area contributed by atoms with Crippen LogP contribution in [-0.2, 0) is 0 Å². The van der Waals surface area contributed by atoms with Crippen molar-refractivity contribution in [3.8, 4) is 0 Å². The van der Waals surface area contributed by atoms with E-state index in [1.54, 1.807) is 24.4 Å². The number of anilines is 1. The van der Waals surface area contributed by atoms with E-state index in [-0.39, 0.29) is 5.69 Å². The number of amides is 1. The fourth-order valence-electron chi connectivity index (χ4n) is 2.24.